The van der Waals surface area contributed by atoms with Gasteiger partial charge in [-0.1, -0.05) is 40.2 Å². The van der Waals surface area contributed by atoms with E-state index in [1.54, 1.807) is 0 Å². The number of carbonyl (C=O) groups excluding carboxylic acids is 2. The summed E-state index contributed by atoms with van der Waals surface area (Å²) in [5.74, 6) is -0.354. The molecule has 1 atom stereocenters. The topological polar surface area (TPSA) is 64.6 Å². The van der Waals surface area contributed by atoms with Crippen molar-refractivity contribution >= 4 is 27.8 Å². The number of hydrogen-bond acceptors (Lipinski definition) is 4. The van der Waals surface area contributed by atoms with E-state index in [1.807, 2.05) is 63.2 Å². The van der Waals surface area contributed by atoms with Crippen LogP contribution in [0.15, 0.2) is 46.9 Å². The maximum Gasteiger partial charge on any atom is 0.344 e. The highest BCUT2D eigenvalue weighted by Crippen LogP contribution is 2.22. The number of amides is 1. The van der Waals surface area contributed by atoms with Crippen LogP contribution in [0.5, 0.6) is 5.75 Å². The molecule has 0 saturated heterocycles. The zero-order valence-corrected chi connectivity index (χ0v) is 16.6. The first-order chi connectivity index (χ1) is 12.3. The highest BCUT2D eigenvalue weighted by molar-refractivity contribution is 9.10. The zero-order chi connectivity index (χ0) is 19.1. The SMILES string of the molecule is Cc1cc(C)cc(OCC(=O)OCC(=O)N[C@@H](C)c2ccccc2Br)c1. The molecule has 0 aliphatic carbocycles. The predicted molar refractivity (Wildman–Crippen MR) is 103 cm³/mol. The molecule has 0 aliphatic heterocycles. The van der Waals surface area contributed by atoms with Crippen molar-refractivity contribution in [2.24, 2.45) is 0 Å². The van der Waals surface area contributed by atoms with Crippen molar-refractivity contribution in [2.45, 2.75) is 26.8 Å². The second kappa shape index (κ2) is 9.38. The average Bonchev–Trinajstić information content (AvgIpc) is 2.57. The fraction of sp³-hybridized carbons (Fsp3) is 0.300. The van der Waals surface area contributed by atoms with Gasteiger partial charge < -0.3 is 14.8 Å². The Hall–Kier alpha value is -2.34. The van der Waals surface area contributed by atoms with E-state index < -0.39 is 5.97 Å². The summed E-state index contributed by atoms with van der Waals surface area (Å²) in [4.78, 5) is 23.7. The summed E-state index contributed by atoms with van der Waals surface area (Å²) in [5.41, 5.74) is 3.05. The van der Waals surface area contributed by atoms with E-state index in [0.717, 1.165) is 21.2 Å². The first-order valence-electron chi connectivity index (χ1n) is 8.25. The maximum absolute atomic E-state index is 12.0. The lowest BCUT2D eigenvalue weighted by Crippen LogP contribution is -2.32. The third-order valence-electron chi connectivity index (χ3n) is 3.67. The highest BCUT2D eigenvalue weighted by Gasteiger charge is 2.14. The lowest BCUT2D eigenvalue weighted by Gasteiger charge is -2.16. The van der Waals surface area contributed by atoms with E-state index in [0.29, 0.717) is 5.75 Å². The molecule has 6 heteroatoms. The highest BCUT2D eigenvalue weighted by atomic mass is 79.9. The first-order valence-corrected chi connectivity index (χ1v) is 9.05. The monoisotopic (exact) mass is 419 g/mol. The minimum atomic E-state index is -0.590. The van der Waals surface area contributed by atoms with Gasteiger partial charge in [0.2, 0.25) is 0 Å². The van der Waals surface area contributed by atoms with Crippen LogP contribution in [-0.2, 0) is 14.3 Å². The van der Waals surface area contributed by atoms with Crippen molar-refractivity contribution in [3.8, 4) is 5.75 Å². The van der Waals surface area contributed by atoms with Crippen LogP contribution in [0.2, 0.25) is 0 Å². The number of esters is 1. The minimum Gasteiger partial charge on any atom is -0.482 e. The summed E-state index contributed by atoms with van der Waals surface area (Å²) in [6.45, 7) is 5.19. The number of carbonyl (C=O) groups is 2. The number of rotatable bonds is 7. The largest absolute Gasteiger partial charge is 0.482 e. The Morgan fingerprint density at radius 1 is 1.08 bits per heavy atom. The number of nitrogens with one attached hydrogen (secondary N) is 1. The Bertz CT molecular complexity index is 771. The van der Waals surface area contributed by atoms with Crippen molar-refractivity contribution in [3.63, 3.8) is 0 Å². The number of halogens is 1. The molecule has 0 radical (unpaired) electrons. The maximum atomic E-state index is 12.0. The molecule has 0 aromatic heterocycles. The minimum absolute atomic E-state index is 0.205. The number of benzene rings is 2. The molecule has 0 heterocycles. The number of aryl methyl sites for hydroxylation is 2. The van der Waals surface area contributed by atoms with Gasteiger partial charge in [0.1, 0.15) is 5.75 Å². The van der Waals surface area contributed by atoms with Crippen molar-refractivity contribution in [1.29, 1.82) is 0 Å². The summed E-state index contributed by atoms with van der Waals surface area (Å²) in [6.07, 6.45) is 0. The molecule has 2 aromatic rings. The fourth-order valence-corrected chi connectivity index (χ4v) is 3.16. The number of hydrogen-bond donors (Lipinski definition) is 1. The van der Waals surface area contributed by atoms with E-state index in [2.05, 4.69) is 21.2 Å². The number of ether oxygens (including phenoxy) is 2. The van der Waals surface area contributed by atoms with E-state index >= 15 is 0 Å². The molecule has 0 spiro atoms. The van der Waals surface area contributed by atoms with Crippen LogP contribution in [0.25, 0.3) is 0 Å². The third-order valence-corrected chi connectivity index (χ3v) is 4.39. The van der Waals surface area contributed by atoms with Gasteiger partial charge >= 0.3 is 5.97 Å². The van der Waals surface area contributed by atoms with Crippen LogP contribution in [0.4, 0.5) is 0 Å². The molecule has 0 fully saturated rings. The van der Waals surface area contributed by atoms with E-state index in [4.69, 9.17) is 9.47 Å². The van der Waals surface area contributed by atoms with Crippen molar-refractivity contribution in [1.82, 2.24) is 5.32 Å². The summed E-state index contributed by atoms with van der Waals surface area (Å²) in [6, 6.07) is 13.1. The molecule has 5 nitrogen and oxygen atoms in total. The van der Waals surface area contributed by atoms with E-state index in [-0.39, 0.29) is 25.2 Å². The van der Waals surface area contributed by atoms with E-state index in [9.17, 15) is 9.59 Å². The van der Waals surface area contributed by atoms with Gasteiger partial charge in [-0.05, 0) is 55.7 Å². The predicted octanol–water partition coefficient (Wildman–Crippen LogP) is 3.87. The second-order valence-electron chi connectivity index (χ2n) is 6.08. The molecule has 2 aromatic carbocycles. The molecule has 0 unspecified atom stereocenters. The Labute approximate surface area is 161 Å². The van der Waals surface area contributed by atoms with Crippen LogP contribution < -0.4 is 10.1 Å². The first kappa shape index (κ1) is 20.0. The molecule has 0 aliphatic rings. The molecule has 1 N–H and O–H groups in total. The van der Waals surface area contributed by atoms with Crippen LogP contribution >= 0.6 is 15.9 Å². The van der Waals surface area contributed by atoms with Gasteiger partial charge in [-0.25, -0.2) is 4.79 Å². The molecule has 2 rings (SSSR count). The molecular formula is C20H22BrNO4. The third kappa shape index (κ3) is 6.19. The normalized spacial score (nSPS) is 11.5. The van der Waals surface area contributed by atoms with Gasteiger partial charge in [0, 0.05) is 4.47 Å². The zero-order valence-electron chi connectivity index (χ0n) is 15.0. The Morgan fingerprint density at radius 2 is 1.73 bits per heavy atom. The Morgan fingerprint density at radius 3 is 2.38 bits per heavy atom. The lowest BCUT2D eigenvalue weighted by atomic mass is 10.1. The van der Waals surface area contributed by atoms with Crippen molar-refractivity contribution in [3.05, 3.63) is 63.6 Å². The molecule has 0 saturated carbocycles. The van der Waals surface area contributed by atoms with Crippen LogP contribution in [0, 0.1) is 13.8 Å². The van der Waals surface area contributed by atoms with Crippen LogP contribution in [-0.4, -0.2) is 25.1 Å². The Kier molecular flexibility index (Phi) is 7.21. The summed E-state index contributed by atoms with van der Waals surface area (Å²) in [5, 5.41) is 2.79. The molecule has 26 heavy (non-hydrogen) atoms. The van der Waals surface area contributed by atoms with Crippen molar-refractivity contribution in [2.75, 3.05) is 13.2 Å². The van der Waals surface area contributed by atoms with Crippen molar-refractivity contribution < 1.29 is 19.1 Å². The summed E-state index contributed by atoms with van der Waals surface area (Å²) >= 11 is 3.45. The van der Waals surface area contributed by atoms with Gasteiger partial charge in [0.25, 0.3) is 5.91 Å². The quantitative estimate of drug-likeness (QED) is 0.691. The van der Waals surface area contributed by atoms with Crippen LogP contribution in [0.1, 0.15) is 29.7 Å². The molecule has 1 amide bonds. The molecular weight excluding hydrogens is 398 g/mol. The molecule has 0 bridgehead atoms. The van der Waals surface area contributed by atoms with Gasteiger partial charge in [-0.2, -0.15) is 0 Å². The standard InChI is InChI=1S/C20H22BrNO4/c1-13-8-14(2)10-16(9-13)25-12-20(24)26-11-19(23)22-15(3)17-6-4-5-7-18(17)21/h4-10,15H,11-12H2,1-3H3,(H,22,23)/t15-/m0/s1. The van der Waals surface area contributed by atoms with E-state index in [1.165, 1.54) is 0 Å². The van der Waals surface area contributed by atoms with Crippen LogP contribution in [0.3, 0.4) is 0 Å². The van der Waals surface area contributed by atoms with Gasteiger partial charge in [0.15, 0.2) is 13.2 Å². The van der Waals surface area contributed by atoms with Gasteiger partial charge in [0.05, 0.1) is 6.04 Å². The average molecular weight is 420 g/mol. The molecule has 138 valence electrons. The van der Waals surface area contributed by atoms with Gasteiger partial charge in [-0.3, -0.25) is 4.79 Å². The van der Waals surface area contributed by atoms with Gasteiger partial charge in [-0.15, -0.1) is 0 Å². The lowest BCUT2D eigenvalue weighted by molar-refractivity contribution is -0.150. The summed E-state index contributed by atoms with van der Waals surface area (Å²) < 4.78 is 11.3. The summed E-state index contributed by atoms with van der Waals surface area (Å²) in [7, 11) is 0. The smallest absolute Gasteiger partial charge is 0.344 e. The second-order valence-corrected chi connectivity index (χ2v) is 6.94. The Balaban J connectivity index is 1.76. The fourth-order valence-electron chi connectivity index (χ4n) is 2.53.